The molecule has 0 spiro atoms. The maximum atomic E-state index is 8.99. The summed E-state index contributed by atoms with van der Waals surface area (Å²) in [6.07, 6.45) is 7.67. The van der Waals surface area contributed by atoms with Gasteiger partial charge in [-0.25, -0.2) is 4.98 Å². The number of aromatic nitrogens is 1. The van der Waals surface area contributed by atoms with Gasteiger partial charge < -0.3 is 4.42 Å². The number of unbranched alkanes of at least 4 members (excludes halogenated alkanes) is 1. The lowest BCUT2D eigenvalue weighted by atomic mass is 10.1. The first kappa shape index (κ1) is 15.7. The van der Waals surface area contributed by atoms with E-state index < -0.39 is 0 Å². The molecule has 1 aliphatic carbocycles. The van der Waals surface area contributed by atoms with Crippen molar-refractivity contribution in [1.82, 2.24) is 4.98 Å². The van der Waals surface area contributed by atoms with Gasteiger partial charge in [0.25, 0.3) is 0 Å². The third kappa shape index (κ3) is 3.21. The fourth-order valence-electron chi connectivity index (χ4n) is 3.61. The Morgan fingerprint density at radius 1 is 1.04 bits per heavy atom. The van der Waals surface area contributed by atoms with Crippen molar-refractivity contribution >= 4 is 16.7 Å². The second kappa shape index (κ2) is 6.94. The summed E-state index contributed by atoms with van der Waals surface area (Å²) in [5.41, 5.74) is 6.58. The van der Waals surface area contributed by atoms with E-state index in [4.69, 9.17) is 9.68 Å². The topological polar surface area (TPSA) is 49.8 Å². The lowest BCUT2D eigenvalue weighted by Gasteiger charge is -2.00. The van der Waals surface area contributed by atoms with E-state index in [2.05, 4.69) is 47.5 Å². The molecule has 0 bridgehead atoms. The number of oxazole rings is 1. The lowest BCUT2D eigenvalue weighted by Crippen LogP contribution is -1.89. The SMILES string of the molecule is N#CC=C1CCc2ccc3nc(CCCCc4ccccc4)oc3c21. The molecule has 0 saturated heterocycles. The summed E-state index contributed by atoms with van der Waals surface area (Å²) in [5.74, 6) is 0.805. The second-order valence-corrected chi connectivity index (χ2v) is 6.55. The molecule has 3 nitrogen and oxygen atoms in total. The Labute approximate surface area is 147 Å². The third-order valence-corrected chi connectivity index (χ3v) is 4.86. The van der Waals surface area contributed by atoms with Crippen molar-refractivity contribution < 1.29 is 4.42 Å². The van der Waals surface area contributed by atoms with Crippen LogP contribution in [0.1, 0.15) is 41.8 Å². The predicted molar refractivity (Wildman–Crippen MR) is 99.0 cm³/mol. The van der Waals surface area contributed by atoms with Crippen molar-refractivity contribution in [3.63, 3.8) is 0 Å². The Bertz CT molecular complexity index is 961. The van der Waals surface area contributed by atoms with Crippen LogP contribution in [0.3, 0.4) is 0 Å². The highest BCUT2D eigenvalue weighted by atomic mass is 16.3. The van der Waals surface area contributed by atoms with Crippen LogP contribution in [-0.4, -0.2) is 4.98 Å². The van der Waals surface area contributed by atoms with Gasteiger partial charge in [-0.1, -0.05) is 36.4 Å². The summed E-state index contributed by atoms with van der Waals surface area (Å²) < 4.78 is 6.08. The van der Waals surface area contributed by atoms with E-state index in [1.54, 1.807) is 6.08 Å². The van der Waals surface area contributed by atoms with Crippen molar-refractivity contribution in [2.75, 3.05) is 0 Å². The number of hydrogen-bond acceptors (Lipinski definition) is 3. The number of fused-ring (bicyclic) bond motifs is 3. The molecule has 4 rings (SSSR count). The van der Waals surface area contributed by atoms with E-state index in [-0.39, 0.29) is 0 Å². The molecule has 0 amide bonds. The Balaban J connectivity index is 1.48. The van der Waals surface area contributed by atoms with E-state index >= 15 is 0 Å². The lowest BCUT2D eigenvalue weighted by molar-refractivity contribution is 0.513. The van der Waals surface area contributed by atoms with Gasteiger partial charge in [0, 0.05) is 18.1 Å². The normalized spacial score (nSPS) is 14.8. The van der Waals surface area contributed by atoms with Gasteiger partial charge in [-0.3, -0.25) is 0 Å². The van der Waals surface area contributed by atoms with Crippen LogP contribution in [0.4, 0.5) is 0 Å². The quantitative estimate of drug-likeness (QED) is 0.475. The highest BCUT2D eigenvalue weighted by Gasteiger charge is 2.22. The highest BCUT2D eigenvalue weighted by Crippen LogP contribution is 2.37. The first-order valence-electron chi connectivity index (χ1n) is 8.89. The molecule has 0 unspecified atom stereocenters. The number of rotatable bonds is 5. The van der Waals surface area contributed by atoms with E-state index in [9.17, 15) is 0 Å². The molecule has 25 heavy (non-hydrogen) atoms. The van der Waals surface area contributed by atoms with Crippen LogP contribution >= 0.6 is 0 Å². The van der Waals surface area contributed by atoms with Gasteiger partial charge in [-0.2, -0.15) is 5.26 Å². The zero-order valence-corrected chi connectivity index (χ0v) is 14.2. The average molecular weight is 328 g/mol. The average Bonchev–Trinajstić information content (AvgIpc) is 3.23. The largest absolute Gasteiger partial charge is 0.440 e. The molecule has 1 heterocycles. The van der Waals surface area contributed by atoms with Crippen molar-refractivity contribution in [1.29, 1.82) is 5.26 Å². The maximum absolute atomic E-state index is 8.99. The molecule has 124 valence electrons. The fourth-order valence-corrected chi connectivity index (χ4v) is 3.61. The predicted octanol–water partition coefficient (Wildman–Crippen LogP) is 5.25. The zero-order chi connectivity index (χ0) is 17.1. The van der Waals surface area contributed by atoms with Gasteiger partial charge in [0.15, 0.2) is 11.5 Å². The summed E-state index contributed by atoms with van der Waals surface area (Å²) in [6, 6.07) is 16.9. The van der Waals surface area contributed by atoms with Crippen LogP contribution in [0.5, 0.6) is 0 Å². The first-order valence-corrected chi connectivity index (χ1v) is 8.89. The minimum absolute atomic E-state index is 0.805. The molecule has 2 aromatic carbocycles. The Morgan fingerprint density at radius 3 is 2.72 bits per heavy atom. The van der Waals surface area contributed by atoms with Gasteiger partial charge in [-0.15, -0.1) is 0 Å². The van der Waals surface area contributed by atoms with Crippen LogP contribution < -0.4 is 0 Å². The van der Waals surface area contributed by atoms with Gasteiger partial charge in [-0.05, 0) is 54.9 Å². The molecule has 3 heteroatoms. The molecular weight excluding hydrogens is 308 g/mol. The number of nitriles is 1. The molecule has 0 radical (unpaired) electrons. The van der Waals surface area contributed by atoms with Crippen molar-refractivity contribution in [2.45, 2.75) is 38.5 Å². The molecule has 1 aliphatic rings. The molecular formula is C22H20N2O. The Morgan fingerprint density at radius 2 is 1.88 bits per heavy atom. The van der Waals surface area contributed by atoms with Crippen LogP contribution in [0.2, 0.25) is 0 Å². The summed E-state index contributed by atoms with van der Waals surface area (Å²) >= 11 is 0. The van der Waals surface area contributed by atoms with Crippen LogP contribution in [0, 0.1) is 11.3 Å². The zero-order valence-electron chi connectivity index (χ0n) is 14.2. The number of hydrogen-bond donors (Lipinski definition) is 0. The maximum Gasteiger partial charge on any atom is 0.195 e. The van der Waals surface area contributed by atoms with Gasteiger partial charge >= 0.3 is 0 Å². The summed E-state index contributed by atoms with van der Waals surface area (Å²) in [4.78, 5) is 4.65. The summed E-state index contributed by atoms with van der Waals surface area (Å²) in [6.45, 7) is 0. The van der Waals surface area contributed by atoms with E-state index in [0.29, 0.717) is 0 Å². The molecule has 1 aromatic heterocycles. The van der Waals surface area contributed by atoms with Crippen LogP contribution in [0.15, 0.2) is 53.0 Å². The molecule has 0 N–H and O–H groups in total. The van der Waals surface area contributed by atoms with Gasteiger partial charge in [0.1, 0.15) is 5.52 Å². The molecule has 0 aliphatic heterocycles. The Kier molecular flexibility index (Phi) is 4.35. The number of allylic oxidation sites excluding steroid dienone is 2. The fraction of sp³-hybridized carbons (Fsp3) is 0.273. The third-order valence-electron chi connectivity index (χ3n) is 4.86. The van der Waals surface area contributed by atoms with E-state index in [1.165, 1.54) is 11.1 Å². The minimum atomic E-state index is 0.805. The summed E-state index contributed by atoms with van der Waals surface area (Å²) in [7, 11) is 0. The van der Waals surface area contributed by atoms with E-state index in [1.807, 2.05) is 6.07 Å². The van der Waals surface area contributed by atoms with Crippen LogP contribution in [-0.2, 0) is 19.3 Å². The standard InChI is InChI=1S/C22H20N2O/c23-15-14-18-11-10-17-12-13-19-22(21(17)18)25-20(24-19)9-5-4-8-16-6-2-1-3-7-16/h1-3,6-7,12-14H,4-5,8-11H2. The molecule has 3 aromatic rings. The number of nitrogens with zero attached hydrogens (tertiary/aromatic N) is 2. The van der Waals surface area contributed by atoms with Gasteiger partial charge in [0.2, 0.25) is 0 Å². The number of aryl methyl sites for hydroxylation is 3. The Hall–Kier alpha value is -2.86. The van der Waals surface area contributed by atoms with Gasteiger partial charge in [0.05, 0.1) is 6.07 Å². The highest BCUT2D eigenvalue weighted by molar-refractivity contribution is 5.92. The second-order valence-electron chi connectivity index (χ2n) is 6.55. The number of benzene rings is 2. The van der Waals surface area contributed by atoms with Crippen molar-refractivity contribution in [2.24, 2.45) is 0 Å². The van der Waals surface area contributed by atoms with Crippen LogP contribution in [0.25, 0.3) is 16.7 Å². The molecule has 0 fully saturated rings. The monoisotopic (exact) mass is 328 g/mol. The summed E-state index contributed by atoms with van der Waals surface area (Å²) in [5, 5.41) is 8.99. The molecule has 0 saturated carbocycles. The van der Waals surface area contributed by atoms with Crippen molar-refractivity contribution in [3.8, 4) is 6.07 Å². The van der Waals surface area contributed by atoms with Crippen molar-refractivity contribution in [3.05, 3.63) is 71.1 Å². The van der Waals surface area contributed by atoms with E-state index in [0.717, 1.165) is 66.7 Å². The first-order chi connectivity index (χ1) is 12.3. The minimum Gasteiger partial charge on any atom is -0.440 e. The smallest absolute Gasteiger partial charge is 0.195 e. The molecule has 0 atom stereocenters.